The van der Waals surface area contributed by atoms with Crippen molar-refractivity contribution in [1.82, 2.24) is 15.4 Å². The number of amides is 1. The average molecular weight is 556 g/mol. The molecule has 0 saturated heterocycles. The summed E-state index contributed by atoms with van der Waals surface area (Å²) in [6, 6.07) is 10.4. The molecule has 2 aromatic carbocycles. The number of anilines is 2. The van der Waals surface area contributed by atoms with E-state index in [1.165, 1.54) is 12.4 Å². The number of nitrogens with zero attached hydrogens (tertiary/aromatic N) is 4. The van der Waals surface area contributed by atoms with E-state index in [2.05, 4.69) is 28.0 Å². The van der Waals surface area contributed by atoms with E-state index >= 15 is 0 Å². The minimum Gasteiger partial charge on any atom is -0.489 e. The second kappa shape index (κ2) is 11.4. The molecule has 1 aliphatic heterocycles. The van der Waals surface area contributed by atoms with Gasteiger partial charge in [0.1, 0.15) is 18.2 Å². The van der Waals surface area contributed by atoms with Crippen LogP contribution in [-0.2, 0) is 0 Å². The Balaban J connectivity index is 0.00000370. The summed E-state index contributed by atoms with van der Waals surface area (Å²) in [5.41, 5.74) is 4.35. The second-order valence-corrected chi connectivity index (χ2v) is 9.39. The molecular weight excluding hydrogens is 527 g/mol. The van der Waals surface area contributed by atoms with Gasteiger partial charge in [0.2, 0.25) is 0 Å². The first kappa shape index (κ1) is 26.6. The standard InChI is InChI=1S/C28H26F3N5O2S.H2/c1-2-9-35(11-13-39)27-18-7-8-32-26(19-14-17(29)15-21(30)24(19)31)25(18)33-16-20(27)28(37)34-36-10-12-38-23-6-4-3-5-22(23)36;/h3-8,14-16,39H,2,9-13H2,1H3,(H,34,37);1H. The molecule has 0 saturated carbocycles. The number of halogens is 3. The van der Waals surface area contributed by atoms with Crippen LogP contribution in [0.15, 0.2) is 54.9 Å². The summed E-state index contributed by atoms with van der Waals surface area (Å²) in [6.45, 7) is 3.95. The number of hydrogen-bond donors (Lipinski definition) is 2. The van der Waals surface area contributed by atoms with Crippen molar-refractivity contribution >= 4 is 40.8 Å². The first-order valence-electron chi connectivity index (χ1n) is 12.5. The number of ether oxygens (including phenoxy) is 1. The van der Waals surface area contributed by atoms with Crippen molar-refractivity contribution in [2.75, 3.05) is 41.9 Å². The van der Waals surface area contributed by atoms with Crippen molar-refractivity contribution in [1.29, 1.82) is 0 Å². The number of thiol groups is 1. The number of hydrazine groups is 1. The van der Waals surface area contributed by atoms with Crippen LogP contribution in [0.4, 0.5) is 24.5 Å². The lowest BCUT2D eigenvalue weighted by Gasteiger charge is -2.32. The Morgan fingerprint density at radius 3 is 2.79 bits per heavy atom. The summed E-state index contributed by atoms with van der Waals surface area (Å²) in [7, 11) is 0. The Hall–Kier alpha value is -3.99. The van der Waals surface area contributed by atoms with Crippen molar-refractivity contribution in [2.24, 2.45) is 0 Å². The highest BCUT2D eigenvalue weighted by molar-refractivity contribution is 7.80. The highest BCUT2D eigenvalue weighted by atomic mass is 32.1. The first-order chi connectivity index (χ1) is 18.9. The Morgan fingerprint density at radius 2 is 2.00 bits per heavy atom. The molecule has 3 heterocycles. The fourth-order valence-corrected chi connectivity index (χ4v) is 4.98. The molecule has 1 N–H and O–H groups in total. The topological polar surface area (TPSA) is 70.6 Å². The third-order valence-electron chi connectivity index (χ3n) is 6.39. The molecule has 0 spiro atoms. The van der Waals surface area contributed by atoms with E-state index in [1.807, 2.05) is 36.1 Å². The number of rotatable bonds is 8. The van der Waals surface area contributed by atoms with E-state index < -0.39 is 23.4 Å². The van der Waals surface area contributed by atoms with E-state index in [4.69, 9.17) is 4.74 Å². The van der Waals surface area contributed by atoms with Crippen LogP contribution in [0.2, 0.25) is 0 Å². The van der Waals surface area contributed by atoms with Crippen molar-refractivity contribution in [3.8, 4) is 17.0 Å². The van der Waals surface area contributed by atoms with Gasteiger partial charge in [0.25, 0.3) is 5.91 Å². The molecule has 1 amide bonds. The van der Waals surface area contributed by atoms with Crippen LogP contribution in [0.25, 0.3) is 22.2 Å². The van der Waals surface area contributed by atoms with Crippen LogP contribution in [0.3, 0.4) is 0 Å². The average Bonchev–Trinajstić information content (AvgIpc) is 2.94. The summed E-state index contributed by atoms with van der Waals surface area (Å²) in [5.74, 6) is -2.74. The lowest BCUT2D eigenvalue weighted by Crippen LogP contribution is -2.47. The predicted molar refractivity (Wildman–Crippen MR) is 150 cm³/mol. The third kappa shape index (κ3) is 5.18. The fourth-order valence-electron chi connectivity index (χ4n) is 4.74. The number of aromatic nitrogens is 2. The van der Waals surface area contributed by atoms with Crippen LogP contribution in [0.1, 0.15) is 25.1 Å². The van der Waals surface area contributed by atoms with Crippen LogP contribution < -0.4 is 20.1 Å². The van der Waals surface area contributed by atoms with Gasteiger partial charge in [0.15, 0.2) is 11.6 Å². The molecule has 2 aromatic heterocycles. The largest absolute Gasteiger partial charge is 0.489 e. The van der Waals surface area contributed by atoms with Gasteiger partial charge in [0, 0.05) is 49.7 Å². The molecule has 0 bridgehead atoms. The number of pyridine rings is 2. The molecular formula is C28H28F3N5O2S. The van der Waals surface area contributed by atoms with Crippen LogP contribution in [0, 0.1) is 17.5 Å². The predicted octanol–water partition coefficient (Wildman–Crippen LogP) is 5.65. The molecule has 7 nitrogen and oxygen atoms in total. The summed E-state index contributed by atoms with van der Waals surface area (Å²) < 4.78 is 48.6. The molecule has 5 rings (SSSR count). The van der Waals surface area contributed by atoms with E-state index in [0.29, 0.717) is 54.9 Å². The van der Waals surface area contributed by atoms with Gasteiger partial charge in [-0.3, -0.25) is 25.2 Å². The van der Waals surface area contributed by atoms with Crippen molar-refractivity contribution in [3.63, 3.8) is 0 Å². The lowest BCUT2D eigenvalue weighted by atomic mass is 10.0. The number of benzene rings is 2. The molecule has 39 heavy (non-hydrogen) atoms. The van der Waals surface area contributed by atoms with Crippen LogP contribution in [0.5, 0.6) is 5.75 Å². The maximum Gasteiger partial charge on any atom is 0.273 e. The molecule has 1 aliphatic rings. The van der Waals surface area contributed by atoms with Gasteiger partial charge in [-0.1, -0.05) is 19.1 Å². The van der Waals surface area contributed by atoms with Gasteiger partial charge in [-0.2, -0.15) is 12.6 Å². The summed E-state index contributed by atoms with van der Waals surface area (Å²) in [4.78, 5) is 24.4. The molecule has 204 valence electrons. The van der Waals surface area contributed by atoms with Crippen LogP contribution >= 0.6 is 12.6 Å². The van der Waals surface area contributed by atoms with Gasteiger partial charge in [-0.05, 0) is 30.7 Å². The van der Waals surface area contributed by atoms with Gasteiger partial charge < -0.3 is 9.64 Å². The van der Waals surface area contributed by atoms with E-state index in [1.54, 1.807) is 11.1 Å². The van der Waals surface area contributed by atoms with Gasteiger partial charge in [0.05, 0.1) is 34.7 Å². The van der Waals surface area contributed by atoms with E-state index in [9.17, 15) is 18.0 Å². The molecule has 4 aromatic rings. The SMILES string of the molecule is CCCN(CCS)c1c(C(=O)NN2CCOc3ccccc32)cnc2c(-c3cc(F)cc(F)c3F)nccc12.[HH]. The molecule has 0 unspecified atom stereocenters. The Labute approximate surface area is 230 Å². The maximum absolute atomic E-state index is 14.8. The Bertz CT molecular complexity index is 1540. The zero-order chi connectivity index (χ0) is 27.5. The molecule has 0 aliphatic carbocycles. The minimum absolute atomic E-state index is 0. The minimum atomic E-state index is -1.33. The lowest BCUT2D eigenvalue weighted by molar-refractivity contribution is 0.0945. The summed E-state index contributed by atoms with van der Waals surface area (Å²) >= 11 is 4.41. The highest BCUT2D eigenvalue weighted by Gasteiger charge is 2.26. The molecule has 11 heteroatoms. The van der Waals surface area contributed by atoms with E-state index in [0.717, 1.165) is 18.2 Å². The van der Waals surface area contributed by atoms with Crippen molar-refractivity contribution in [3.05, 3.63) is 77.9 Å². The molecule has 0 fully saturated rings. The summed E-state index contributed by atoms with van der Waals surface area (Å²) in [5, 5.41) is 2.22. The number of nitrogens with one attached hydrogen (secondary N) is 1. The summed E-state index contributed by atoms with van der Waals surface area (Å²) in [6.07, 6.45) is 3.58. The third-order valence-corrected chi connectivity index (χ3v) is 6.59. The van der Waals surface area contributed by atoms with Gasteiger partial charge >= 0.3 is 0 Å². The zero-order valence-electron chi connectivity index (χ0n) is 21.1. The van der Waals surface area contributed by atoms with Crippen molar-refractivity contribution < 1.29 is 24.1 Å². The number of carbonyl (C=O) groups is 1. The smallest absolute Gasteiger partial charge is 0.273 e. The molecule has 0 radical (unpaired) electrons. The quantitative estimate of drug-likeness (QED) is 0.216. The highest BCUT2D eigenvalue weighted by Crippen LogP contribution is 2.36. The number of hydrogen-bond acceptors (Lipinski definition) is 7. The Morgan fingerprint density at radius 1 is 1.18 bits per heavy atom. The van der Waals surface area contributed by atoms with E-state index in [-0.39, 0.29) is 23.8 Å². The Kier molecular flexibility index (Phi) is 7.78. The normalized spacial score (nSPS) is 12.7. The number of carbonyl (C=O) groups excluding carboxylic acids is 1. The maximum atomic E-state index is 14.8. The zero-order valence-corrected chi connectivity index (χ0v) is 22.0. The van der Waals surface area contributed by atoms with Crippen molar-refractivity contribution in [2.45, 2.75) is 13.3 Å². The second-order valence-electron chi connectivity index (χ2n) is 8.94. The van der Waals surface area contributed by atoms with Gasteiger partial charge in [-0.25, -0.2) is 13.2 Å². The fraction of sp³-hybridized carbons (Fsp3) is 0.250. The number of fused-ring (bicyclic) bond motifs is 2. The monoisotopic (exact) mass is 555 g/mol. The molecule has 0 atom stereocenters. The first-order valence-corrected chi connectivity index (χ1v) is 13.1. The van der Waals surface area contributed by atoms with Crippen LogP contribution in [-0.4, -0.2) is 47.9 Å². The van der Waals surface area contributed by atoms with Gasteiger partial charge in [-0.15, -0.1) is 0 Å². The number of para-hydroxylation sites is 2.